The molecule has 4 nitrogen and oxygen atoms in total. The summed E-state index contributed by atoms with van der Waals surface area (Å²) >= 11 is 1.45. The van der Waals surface area contributed by atoms with Crippen LogP contribution < -0.4 is 14.4 Å². The van der Waals surface area contributed by atoms with Gasteiger partial charge in [0.25, 0.3) is 5.91 Å². The number of ether oxygens (including phenoxy) is 2. The van der Waals surface area contributed by atoms with Crippen LogP contribution in [0.2, 0.25) is 0 Å². The standard InChI is InChI=1S/C20H17NO3S/c1-14-4-7-16(8-5-14)21(20(22)19-3-2-10-25-19)12-15-6-9-17-18(11-15)24-13-23-17/h2-11H,12-13H2,1H3. The van der Waals surface area contributed by atoms with Crippen molar-refractivity contribution in [1.29, 1.82) is 0 Å². The number of carbonyl (C=O) groups excluding carboxylic acids is 1. The maximum absolute atomic E-state index is 13.0. The van der Waals surface area contributed by atoms with E-state index in [4.69, 9.17) is 9.47 Å². The van der Waals surface area contributed by atoms with E-state index in [1.165, 1.54) is 11.3 Å². The van der Waals surface area contributed by atoms with Gasteiger partial charge in [-0.3, -0.25) is 4.79 Å². The van der Waals surface area contributed by atoms with Gasteiger partial charge in [-0.05, 0) is 48.2 Å². The molecule has 1 aromatic heterocycles. The molecule has 0 atom stereocenters. The van der Waals surface area contributed by atoms with Gasteiger partial charge in [-0.25, -0.2) is 0 Å². The Morgan fingerprint density at radius 3 is 2.64 bits per heavy atom. The lowest BCUT2D eigenvalue weighted by atomic mass is 10.1. The van der Waals surface area contributed by atoms with Gasteiger partial charge in [-0.1, -0.05) is 29.8 Å². The molecule has 1 amide bonds. The van der Waals surface area contributed by atoms with Gasteiger partial charge in [0.1, 0.15) is 0 Å². The third-order valence-electron chi connectivity index (χ3n) is 4.10. The molecule has 0 fully saturated rings. The van der Waals surface area contributed by atoms with E-state index >= 15 is 0 Å². The number of anilines is 1. The lowest BCUT2D eigenvalue weighted by Crippen LogP contribution is -2.29. The summed E-state index contributed by atoms with van der Waals surface area (Å²) in [7, 11) is 0. The zero-order valence-corrected chi connectivity index (χ0v) is 14.6. The Hall–Kier alpha value is -2.79. The molecular weight excluding hydrogens is 334 g/mol. The number of hydrogen-bond donors (Lipinski definition) is 0. The van der Waals surface area contributed by atoms with Crippen LogP contribution in [-0.4, -0.2) is 12.7 Å². The van der Waals surface area contributed by atoms with Crippen molar-refractivity contribution in [3.63, 3.8) is 0 Å². The number of fused-ring (bicyclic) bond motifs is 1. The van der Waals surface area contributed by atoms with Gasteiger partial charge in [0, 0.05) is 5.69 Å². The van der Waals surface area contributed by atoms with Gasteiger partial charge < -0.3 is 14.4 Å². The van der Waals surface area contributed by atoms with Crippen LogP contribution in [0.15, 0.2) is 60.0 Å². The van der Waals surface area contributed by atoms with Crippen molar-refractivity contribution in [2.45, 2.75) is 13.5 Å². The molecule has 0 spiro atoms. The first-order valence-electron chi connectivity index (χ1n) is 8.01. The van der Waals surface area contributed by atoms with E-state index in [9.17, 15) is 4.79 Å². The summed E-state index contributed by atoms with van der Waals surface area (Å²) in [6.07, 6.45) is 0. The number of nitrogens with zero attached hydrogens (tertiary/aromatic N) is 1. The highest BCUT2D eigenvalue weighted by Crippen LogP contribution is 2.33. The van der Waals surface area contributed by atoms with Crippen molar-refractivity contribution in [2.24, 2.45) is 0 Å². The molecule has 4 rings (SSSR count). The summed E-state index contributed by atoms with van der Waals surface area (Å²) < 4.78 is 10.8. The second-order valence-electron chi connectivity index (χ2n) is 5.89. The molecule has 0 radical (unpaired) electrons. The van der Waals surface area contributed by atoms with Gasteiger partial charge in [0.15, 0.2) is 11.5 Å². The van der Waals surface area contributed by atoms with Crippen molar-refractivity contribution in [1.82, 2.24) is 0 Å². The SMILES string of the molecule is Cc1ccc(N(Cc2ccc3c(c2)OCO3)C(=O)c2cccs2)cc1. The molecule has 0 saturated carbocycles. The molecule has 3 aromatic rings. The minimum atomic E-state index is -0.00322. The Morgan fingerprint density at radius 1 is 1.08 bits per heavy atom. The fourth-order valence-electron chi connectivity index (χ4n) is 2.76. The number of thiophene rings is 1. The van der Waals surface area contributed by atoms with E-state index in [0.29, 0.717) is 6.54 Å². The van der Waals surface area contributed by atoms with Crippen LogP contribution >= 0.6 is 11.3 Å². The van der Waals surface area contributed by atoms with Crippen molar-refractivity contribution in [3.05, 3.63) is 76.0 Å². The molecular formula is C20H17NO3S. The molecule has 0 N–H and O–H groups in total. The lowest BCUT2D eigenvalue weighted by molar-refractivity contribution is 0.0989. The molecule has 1 aliphatic rings. The Bertz CT molecular complexity index is 888. The first-order valence-corrected chi connectivity index (χ1v) is 8.89. The smallest absolute Gasteiger partial charge is 0.268 e. The number of carbonyl (C=O) groups is 1. The predicted octanol–water partition coefficient (Wildman–Crippen LogP) is 4.63. The normalized spacial score (nSPS) is 12.2. The predicted molar refractivity (Wildman–Crippen MR) is 98.6 cm³/mol. The largest absolute Gasteiger partial charge is 0.454 e. The van der Waals surface area contributed by atoms with Crippen molar-refractivity contribution < 1.29 is 14.3 Å². The minimum Gasteiger partial charge on any atom is -0.454 e. The number of benzene rings is 2. The lowest BCUT2D eigenvalue weighted by Gasteiger charge is -2.23. The third-order valence-corrected chi connectivity index (χ3v) is 4.96. The molecule has 0 saturated heterocycles. The molecule has 0 aliphatic carbocycles. The number of rotatable bonds is 4. The van der Waals surface area contributed by atoms with Crippen LogP contribution in [0, 0.1) is 6.92 Å². The maximum Gasteiger partial charge on any atom is 0.268 e. The van der Waals surface area contributed by atoms with Crippen LogP contribution in [0.25, 0.3) is 0 Å². The van der Waals surface area contributed by atoms with Crippen molar-refractivity contribution in [3.8, 4) is 11.5 Å². The van der Waals surface area contributed by atoms with E-state index in [0.717, 1.165) is 33.2 Å². The zero-order valence-electron chi connectivity index (χ0n) is 13.8. The molecule has 1 aliphatic heterocycles. The molecule has 2 heterocycles. The Labute approximate surface area is 150 Å². The van der Waals surface area contributed by atoms with E-state index in [1.54, 1.807) is 4.90 Å². The highest BCUT2D eigenvalue weighted by Gasteiger charge is 2.21. The highest BCUT2D eigenvalue weighted by atomic mass is 32.1. The Morgan fingerprint density at radius 2 is 1.88 bits per heavy atom. The molecule has 25 heavy (non-hydrogen) atoms. The highest BCUT2D eigenvalue weighted by molar-refractivity contribution is 7.12. The van der Waals surface area contributed by atoms with Crippen molar-refractivity contribution in [2.75, 3.05) is 11.7 Å². The van der Waals surface area contributed by atoms with Gasteiger partial charge in [0.05, 0.1) is 11.4 Å². The Kier molecular flexibility index (Phi) is 4.15. The third kappa shape index (κ3) is 3.23. The Balaban J connectivity index is 1.67. The monoisotopic (exact) mass is 351 g/mol. The summed E-state index contributed by atoms with van der Waals surface area (Å²) in [6.45, 7) is 2.75. The van der Waals surface area contributed by atoms with Gasteiger partial charge in [0.2, 0.25) is 6.79 Å². The topological polar surface area (TPSA) is 38.8 Å². The van der Waals surface area contributed by atoms with Crippen LogP contribution in [-0.2, 0) is 6.54 Å². The summed E-state index contributed by atoms with van der Waals surface area (Å²) in [4.78, 5) is 15.5. The number of hydrogen-bond acceptors (Lipinski definition) is 4. The summed E-state index contributed by atoms with van der Waals surface area (Å²) in [5, 5.41) is 1.92. The van der Waals surface area contributed by atoms with Gasteiger partial charge in [-0.15, -0.1) is 11.3 Å². The fourth-order valence-corrected chi connectivity index (χ4v) is 3.43. The number of amides is 1. The van der Waals surface area contributed by atoms with E-state index in [-0.39, 0.29) is 12.7 Å². The van der Waals surface area contributed by atoms with Crippen LogP contribution in [0.3, 0.4) is 0 Å². The molecule has 126 valence electrons. The zero-order chi connectivity index (χ0) is 17.2. The van der Waals surface area contributed by atoms with Gasteiger partial charge in [-0.2, -0.15) is 0 Å². The first-order chi connectivity index (χ1) is 12.2. The quantitative estimate of drug-likeness (QED) is 0.688. The van der Waals surface area contributed by atoms with Crippen LogP contribution in [0.5, 0.6) is 11.5 Å². The molecule has 0 unspecified atom stereocenters. The molecule has 0 bridgehead atoms. The average Bonchev–Trinajstić information content (AvgIpc) is 3.31. The maximum atomic E-state index is 13.0. The summed E-state index contributed by atoms with van der Waals surface area (Å²) in [6, 6.07) is 17.5. The van der Waals surface area contributed by atoms with E-state index < -0.39 is 0 Å². The van der Waals surface area contributed by atoms with E-state index in [2.05, 4.69) is 0 Å². The molecule has 2 aromatic carbocycles. The minimum absolute atomic E-state index is 0.00322. The second-order valence-corrected chi connectivity index (χ2v) is 6.84. The van der Waals surface area contributed by atoms with Gasteiger partial charge >= 0.3 is 0 Å². The second kappa shape index (κ2) is 6.61. The van der Waals surface area contributed by atoms with Crippen LogP contribution in [0.1, 0.15) is 20.8 Å². The first kappa shape index (κ1) is 15.7. The fraction of sp³-hybridized carbons (Fsp3) is 0.150. The number of aryl methyl sites for hydroxylation is 1. The summed E-state index contributed by atoms with van der Waals surface area (Å²) in [5.74, 6) is 1.47. The molecule has 5 heteroatoms. The van der Waals surface area contributed by atoms with E-state index in [1.807, 2.05) is 66.9 Å². The van der Waals surface area contributed by atoms with Crippen LogP contribution in [0.4, 0.5) is 5.69 Å². The summed E-state index contributed by atoms with van der Waals surface area (Å²) in [5.41, 5.74) is 3.03. The average molecular weight is 351 g/mol. The van der Waals surface area contributed by atoms with Crippen molar-refractivity contribution >= 4 is 22.9 Å².